The number of ether oxygens (including phenoxy) is 2. The first-order valence-electron chi connectivity index (χ1n) is 6.23. The van der Waals surface area contributed by atoms with E-state index in [-0.39, 0.29) is 18.4 Å². The average molecular weight is 269 g/mol. The maximum Gasteiger partial charge on any atom is 0.408 e. The molecule has 1 atom stereocenters. The van der Waals surface area contributed by atoms with Gasteiger partial charge in [-0.05, 0) is 5.92 Å². The van der Waals surface area contributed by atoms with Crippen LogP contribution in [0.3, 0.4) is 0 Å². The van der Waals surface area contributed by atoms with Gasteiger partial charge in [-0.3, -0.25) is 4.79 Å². The van der Waals surface area contributed by atoms with Crippen molar-refractivity contribution in [1.29, 1.82) is 5.26 Å². The summed E-state index contributed by atoms with van der Waals surface area (Å²) < 4.78 is 9.93. The van der Waals surface area contributed by atoms with Crippen molar-refractivity contribution in [3.8, 4) is 6.07 Å². The van der Waals surface area contributed by atoms with E-state index in [4.69, 9.17) is 14.7 Å². The fourth-order valence-corrected chi connectivity index (χ4v) is 1.55. The molecule has 1 aliphatic heterocycles. The highest BCUT2D eigenvalue weighted by Gasteiger charge is 2.20. The zero-order chi connectivity index (χ0) is 14.3. The molecule has 0 aromatic rings. The maximum atomic E-state index is 11.7. The van der Waals surface area contributed by atoms with Crippen molar-refractivity contribution >= 4 is 12.0 Å². The van der Waals surface area contributed by atoms with Gasteiger partial charge in [-0.25, -0.2) is 4.79 Å². The summed E-state index contributed by atoms with van der Waals surface area (Å²) >= 11 is 0. The highest BCUT2D eigenvalue weighted by Crippen LogP contribution is 2.01. The third kappa shape index (κ3) is 5.14. The Morgan fingerprint density at radius 1 is 1.42 bits per heavy atom. The number of hydrogen-bond donors (Lipinski definition) is 1. The Morgan fingerprint density at radius 2 is 2.05 bits per heavy atom. The van der Waals surface area contributed by atoms with Crippen LogP contribution in [0.25, 0.3) is 0 Å². The molecule has 1 fully saturated rings. The van der Waals surface area contributed by atoms with Crippen LogP contribution >= 0.6 is 0 Å². The van der Waals surface area contributed by atoms with E-state index in [1.807, 2.05) is 19.9 Å². The van der Waals surface area contributed by atoms with E-state index in [1.165, 1.54) is 0 Å². The molecule has 1 aliphatic rings. The summed E-state index contributed by atoms with van der Waals surface area (Å²) in [6, 6.07) is 1.34. The molecule has 0 radical (unpaired) electrons. The van der Waals surface area contributed by atoms with Gasteiger partial charge >= 0.3 is 6.09 Å². The molecule has 0 aromatic heterocycles. The molecule has 0 saturated carbocycles. The summed E-state index contributed by atoms with van der Waals surface area (Å²) in [5.74, 6) is -0.274. The van der Waals surface area contributed by atoms with Gasteiger partial charge in [-0.1, -0.05) is 13.8 Å². The lowest BCUT2D eigenvalue weighted by Gasteiger charge is -2.26. The monoisotopic (exact) mass is 269 g/mol. The lowest BCUT2D eigenvalue weighted by atomic mass is 10.1. The van der Waals surface area contributed by atoms with Crippen molar-refractivity contribution in [1.82, 2.24) is 10.2 Å². The number of rotatable bonds is 4. The minimum Gasteiger partial charge on any atom is -0.439 e. The second-order valence-corrected chi connectivity index (χ2v) is 4.56. The number of carbonyl (C=O) groups excluding carboxylic acids is 2. The van der Waals surface area contributed by atoms with Crippen LogP contribution in [-0.2, 0) is 14.3 Å². The van der Waals surface area contributed by atoms with Gasteiger partial charge in [0.1, 0.15) is 6.04 Å². The van der Waals surface area contributed by atoms with Crippen LogP contribution in [0.2, 0.25) is 0 Å². The second-order valence-electron chi connectivity index (χ2n) is 4.56. The summed E-state index contributed by atoms with van der Waals surface area (Å²) in [7, 11) is 0. The Hall–Kier alpha value is -1.81. The average Bonchev–Trinajstić information content (AvgIpc) is 2.42. The molecule has 0 spiro atoms. The summed E-state index contributed by atoms with van der Waals surface area (Å²) in [6.45, 7) is 5.33. The van der Waals surface area contributed by atoms with E-state index in [0.29, 0.717) is 26.3 Å². The second kappa shape index (κ2) is 7.59. The van der Waals surface area contributed by atoms with E-state index in [1.54, 1.807) is 4.90 Å². The Morgan fingerprint density at radius 3 is 2.58 bits per heavy atom. The van der Waals surface area contributed by atoms with Crippen molar-refractivity contribution in [3.05, 3.63) is 0 Å². The van der Waals surface area contributed by atoms with Crippen LogP contribution in [0.1, 0.15) is 13.8 Å². The Balaban J connectivity index is 2.29. The predicted molar refractivity (Wildman–Crippen MR) is 66.1 cm³/mol. The van der Waals surface area contributed by atoms with E-state index in [9.17, 15) is 9.59 Å². The Bertz CT molecular complexity index is 358. The molecule has 0 aliphatic carbocycles. The highest BCUT2D eigenvalue weighted by molar-refractivity contribution is 5.80. The maximum absolute atomic E-state index is 11.7. The molecule has 2 amide bonds. The van der Waals surface area contributed by atoms with E-state index in [2.05, 4.69) is 5.32 Å². The number of nitrogens with one attached hydrogen (secondary N) is 1. The normalized spacial score (nSPS) is 16.6. The zero-order valence-electron chi connectivity index (χ0n) is 11.2. The van der Waals surface area contributed by atoms with Crippen LogP contribution in [0.4, 0.5) is 4.79 Å². The smallest absolute Gasteiger partial charge is 0.408 e. The van der Waals surface area contributed by atoms with Crippen molar-refractivity contribution in [3.63, 3.8) is 0 Å². The third-order valence-electron chi connectivity index (χ3n) is 2.77. The molecule has 1 rings (SSSR count). The molecule has 1 heterocycles. The van der Waals surface area contributed by atoms with Gasteiger partial charge in [0.15, 0.2) is 6.61 Å². The Kier molecular flexibility index (Phi) is 6.09. The largest absolute Gasteiger partial charge is 0.439 e. The molecule has 0 bridgehead atoms. The molecular weight excluding hydrogens is 250 g/mol. The minimum absolute atomic E-state index is 0.0208. The number of alkyl carbamates (subject to hydrolysis) is 1. The zero-order valence-corrected chi connectivity index (χ0v) is 11.2. The molecule has 19 heavy (non-hydrogen) atoms. The topological polar surface area (TPSA) is 91.7 Å². The number of nitrogens with zero attached hydrogens (tertiary/aromatic N) is 2. The summed E-state index contributed by atoms with van der Waals surface area (Å²) in [5.41, 5.74) is 0. The summed E-state index contributed by atoms with van der Waals surface area (Å²) in [4.78, 5) is 24.7. The number of morpholine rings is 1. The molecule has 1 saturated heterocycles. The van der Waals surface area contributed by atoms with Crippen LogP contribution in [-0.4, -0.2) is 55.9 Å². The van der Waals surface area contributed by atoms with Gasteiger partial charge in [0.25, 0.3) is 5.91 Å². The molecule has 106 valence electrons. The van der Waals surface area contributed by atoms with Gasteiger partial charge in [-0.15, -0.1) is 0 Å². The lowest BCUT2D eigenvalue weighted by Crippen LogP contribution is -2.44. The number of amides is 2. The van der Waals surface area contributed by atoms with Gasteiger partial charge in [0.05, 0.1) is 19.3 Å². The van der Waals surface area contributed by atoms with Gasteiger partial charge in [-0.2, -0.15) is 5.26 Å². The minimum atomic E-state index is -0.748. The molecule has 7 heteroatoms. The van der Waals surface area contributed by atoms with Crippen molar-refractivity contribution < 1.29 is 19.1 Å². The molecular formula is C12H19N3O4. The number of nitriles is 1. The first-order chi connectivity index (χ1) is 9.04. The molecule has 1 unspecified atom stereocenters. The van der Waals surface area contributed by atoms with Crippen molar-refractivity contribution in [2.24, 2.45) is 5.92 Å². The molecule has 0 aromatic carbocycles. The standard InChI is InChI=1S/C12H19N3O4/c1-9(2)10(7-13)14-12(17)19-8-11(16)15-3-5-18-6-4-15/h9-10H,3-6,8H2,1-2H3,(H,14,17). The van der Waals surface area contributed by atoms with Crippen molar-refractivity contribution in [2.75, 3.05) is 32.9 Å². The van der Waals surface area contributed by atoms with Crippen LogP contribution < -0.4 is 5.32 Å². The van der Waals surface area contributed by atoms with Gasteiger partial charge < -0.3 is 19.7 Å². The van der Waals surface area contributed by atoms with Crippen molar-refractivity contribution in [2.45, 2.75) is 19.9 Å². The first kappa shape index (κ1) is 15.2. The Labute approximate surface area is 112 Å². The fourth-order valence-electron chi connectivity index (χ4n) is 1.55. The highest BCUT2D eigenvalue weighted by atomic mass is 16.6. The number of hydrogen-bond acceptors (Lipinski definition) is 5. The van der Waals surface area contributed by atoms with E-state index < -0.39 is 12.1 Å². The van der Waals surface area contributed by atoms with Gasteiger partial charge in [0.2, 0.25) is 0 Å². The SMILES string of the molecule is CC(C)C(C#N)NC(=O)OCC(=O)N1CCOCC1. The first-order valence-corrected chi connectivity index (χ1v) is 6.23. The summed E-state index contributed by atoms with van der Waals surface area (Å²) in [6.07, 6.45) is -0.748. The third-order valence-corrected chi connectivity index (χ3v) is 2.77. The van der Waals surface area contributed by atoms with E-state index >= 15 is 0 Å². The molecule has 1 N–H and O–H groups in total. The predicted octanol–water partition coefficient (Wildman–Crippen LogP) is 0.120. The summed E-state index contributed by atoms with van der Waals surface area (Å²) in [5, 5.41) is 11.2. The van der Waals surface area contributed by atoms with E-state index in [0.717, 1.165) is 0 Å². The fraction of sp³-hybridized carbons (Fsp3) is 0.750. The quantitative estimate of drug-likeness (QED) is 0.782. The van der Waals surface area contributed by atoms with Crippen LogP contribution in [0.15, 0.2) is 0 Å². The van der Waals surface area contributed by atoms with Crippen LogP contribution in [0, 0.1) is 17.2 Å². The van der Waals surface area contributed by atoms with Gasteiger partial charge in [0, 0.05) is 13.1 Å². The lowest BCUT2D eigenvalue weighted by molar-refractivity contribution is -0.138. The molecule has 7 nitrogen and oxygen atoms in total. The number of carbonyl (C=O) groups is 2. The van der Waals surface area contributed by atoms with Crippen LogP contribution in [0.5, 0.6) is 0 Å².